The monoisotopic (exact) mass is 274 g/mol. The third-order valence-corrected chi connectivity index (χ3v) is 3.21. The Morgan fingerprint density at radius 3 is 2.00 bits per heavy atom. The van der Waals surface area contributed by atoms with Gasteiger partial charge in [0.15, 0.2) is 0 Å². The van der Waals surface area contributed by atoms with Crippen molar-refractivity contribution >= 4 is 40.2 Å². The van der Waals surface area contributed by atoms with Crippen molar-refractivity contribution in [2.24, 2.45) is 15.2 Å². The van der Waals surface area contributed by atoms with Crippen LogP contribution in [0.15, 0.2) is 75.9 Å². The molecule has 0 aromatic heterocycles. The number of hydrogen-bond acceptors (Lipinski definition) is 4. The van der Waals surface area contributed by atoms with Crippen LogP contribution in [0, 0.1) is 0 Å². The second kappa shape index (κ2) is 5.54. The third kappa shape index (κ3) is 2.65. The van der Waals surface area contributed by atoms with E-state index in [0.717, 1.165) is 27.8 Å². The molecule has 0 aliphatic rings. The highest BCUT2D eigenvalue weighted by molar-refractivity contribution is 6.00. The van der Waals surface area contributed by atoms with Gasteiger partial charge in [-0.2, -0.15) is 5.11 Å². The van der Waals surface area contributed by atoms with E-state index in [4.69, 9.17) is 5.73 Å². The molecule has 0 heterocycles. The Kier molecular flexibility index (Phi) is 3.43. The van der Waals surface area contributed by atoms with Gasteiger partial charge in [0.2, 0.25) is 0 Å². The van der Waals surface area contributed by atoms with Crippen LogP contribution in [-0.2, 0) is 0 Å². The second-order valence-corrected chi connectivity index (χ2v) is 4.60. The Hall–Kier alpha value is -3.01. The highest BCUT2D eigenvalue weighted by Crippen LogP contribution is 2.33. The van der Waals surface area contributed by atoms with E-state index < -0.39 is 0 Å². The molecule has 21 heavy (non-hydrogen) atoms. The van der Waals surface area contributed by atoms with Crippen LogP contribution in [0.25, 0.3) is 10.8 Å². The average Bonchev–Trinajstić information content (AvgIpc) is 2.54. The van der Waals surface area contributed by atoms with Gasteiger partial charge in [0, 0.05) is 16.5 Å². The smallest absolute Gasteiger partial charge is 0.0936 e. The van der Waals surface area contributed by atoms with Gasteiger partial charge in [-0.1, -0.05) is 24.3 Å². The largest absolute Gasteiger partial charge is 0.399 e. The van der Waals surface area contributed by atoms with Crippen LogP contribution in [0.3, 0.4) is 0 Å². The van der Waals surface area contributed by atoms with Gasteiger partial charge < -0.3 is 5.73 Å². The van der Waals surface area contributed by atoms with E-state index in [0.29, 0.717) is 5.69 Å². The number of nitrogens with zero attached hydrogens (tertiary/aromatic N) is 3. The van der Waals surface area contributed by atoms with E-state index in [-0.39, 0.29) is 0 Å². The molecular formula is C17H14N4. The van der Waals surface area contributed by atoms with E-state index in [2.05, 4.69) is 21.9 Å². The molecular weight excluding hydrogens is 260 g/mol. The molecule has 0 saturated carbocycles. The second-order valence-electron chi connectivity index (χ2n) is 4.60. The maximum atomic E-state index is 5.65. The fraction of sp³-hybridized carbons (Fsp3) is 0. The van der Waals surface area contributed by atoms with Gasteiger partial charge >= 0.3 is 0 Å². The molecule has 2 N–H and O–H groups in total. The number of fused-ring (bicyclic) bond motifs is 1. The predicted octanol–water partition coefficient (Wildman–Crippen LogP) is 5.17. The summed E-state index contributed by atoms with van der Waals surface area (Å²) >= 11 is 0. The molecule has 0 fully saturated rings. The lowest BCUT2D eigenvalue weighted by Gasteiger charge is -2.04. The number of rotatable bonds is 3. The Balaban J connectivity index is 2.05. The van der Waals surface area contributed by atoms with Gasteiger partial charge in [0.1, 0.15) is 0 Å². The number of nitrogens with two attached hydrogens (primary N) is 1. The van der Waals surface area contributed by atoms with Crippen LogP contribution < -0.4 is 5.73 Å². The van der Waals surface area contributed by atoms with Gasteiger partial charge in [-0.3, -0.25) is 4.99 Å². The molecule has 4 heteroatoms. The summed E-state index contributed by atoms with van der Waals surface area (Å²) in [5.41, 5.74) is 8.77. The Labute approximate surface area is 122 Å². The van der Waals surface area contributed by atoms with E-state index in [9.17, 15) is 0 Å². The molecule has 0 bridgehead atoms. The van der Waals surface area contributed by atoms with Gasteiger partial charge in [-0.25, -0.2) is 0 Å². The van der Waals surface area contributed by atoms with Crippen molar-refractivity contribution in [1.29, 1.82) is 0 Å². The van der Waals surface area contributed by atoms with Gasteiger partial charge in [0.05, 0.1) is 17.1 Å². The summed E-state index contributed by atoms with van der Waals surface area (Å²) in [6, 6.07) is 19.0. The fourth-order valence-corrected chi connectivity index (χ4v) is 2.14. The van der Waals surface area contributed by atoms with Gasteiger partial charge in [-0.15, -0.1) is 5.11 Å². The molecule has 0 saturated heterocycles. The topological polar surface area (TPSA) is 63.1 Å². The maximum Gasteiger partial charge on any atom is 0.0936 e. The zero-order chi connectivity index (χ0) is 14.7. The quantitative estimate of drug-likeness (QED) is 0.399. The minimum absolute atomic E-state index is 0.709. The molecule has 0 spiro atoms. The van der Waals surface area contributed by atoms with Gasteiger partial charge in [0.25, 0.3) is 0 Å². The Morgan fingerprint density at radius 2 is 1.33 bits per heavy atom. The Bertz CT molecular complexity index is 820. The van der Waals surface area contributed by atoms with Crippen LogP contribution in [-0.4, -0.2) is 6.72 Å². The van der Waals surface area contributed by atoms with Crippen LogP contribution in [0.1, 0.15) is 0 Å². The molecule has 3 aromatic carbocycles. The Morgan fingerprint density at radius 1 is 0.714 bits per heavy atom. The van der Waals surface area contributed by atoms with E-state index in [1.54, 1.807) is 12.1 Å². The first kappa shape index (κ1) is 13.0. The molecule has 0 amide bonds. The first-order valence-electron chi connectivity index (χ1n) is 6.54. The summed E-state index contributed by atoms with van der Waals surface area (Å²) in [6.45, 7) is 3.60. The van der Waals surface area contributed by atoms with Crippen molar-refractivity contribution in [2.75, 3.05) is 5.73 Å². The molecule has 0 aliphatic heterocycles. The summed E-state index contributed by atoms with van der Waals surface area (Å²) in [6.07, 6.45) is 0. The standard InChI is InChI=1S/C17H14N4/c1-19-16-10-11-17(15-5-3-2-4-14(15)16)21-20-13-8-6-12(18)7-9-13/h2-11H,1,18H2. The van der Waals surface area contributed by atoms with Crippen LogP contribution in [0.5, 0.6) is 0 Å². The molecule has 0 unspecified atom stereocenters. The summed E-state index contributed by atoms with van der Waals surface area (Å²) in [5, 5.41) is 10.6. The van der Waals surface area contributed by atoms with Crippen molar-refractivity contribution < 1.29 is 0 Å². The number of hydrogen-bond donors (Lipinski definition) is 1. The van der Waals surface area contributed by atoms with Crippen LogP contribution in [0.2, 0.25) is 0 Å². The highest BCUT2D eigenvalue weighted by Gasteiger charge is 2.03. The van der Waals surface area contributed by atoms with Crippen molar-refractivity contribution in [3.63, 3.8) is 0 Å². The summed E-state index contributed by atoms with van der Waals surface area (Å²) in [7, 11) is 0. The third-order valence-electron chi connectivity index (χ3n) is 3.21. The first-order valence-corrected chi connectivity index (χ1v) is 6.54. The number of anilines is 1. The van der Waals surface area contributed by atoms with Crippen molar-refractivity contribution in [2.45, 2.75) is 0 Å². The zero-order valence-electron chi connectivity index (χ0n) is 11.4. The van der Waals surface area contributed by atoms with Crippen molar-refractivity contribution in [3.8, 4) is 0 Å². The number of aliphatic imine (C=N–C) groups is 1. The highest BCUT2D eigenvalue weighted by atomic mass is 15.1. The van der Waals surface area contributed by atoms with Crippen molar-refractivity contribution in [3.05, 3.63) is 60.7 Å². The van der Waals surface area contributed by atoms with E-state index in [1.165, 1.54) is 0 Å². The van der Waals surface area contributed by atoms with E-state index in [1.807, 2.05) is 48.5 Å². The minimum atomic E-state index is 0.709. The average molecular weight is 274 g/mol. The summed E-state index contributed by atoms with van der Waals surface area (Å²) < 4.78 is 0. The SMILES string of the molecule is C=Nc1ccc(N=Nc2ccc(N)cc2)c2ccccc12. The van der Waals surface area contributed by atoms with Crippen molar-refractivity contribution in [1.82, 2.24) is 0 Å². The normalized spacial score (nSPS) is 11.0. The molecule has 0 atom stereocenters. The summed E-state index contributed by atoms with van der Waals surface area (Å²) in [5.74, 6) is 0. The van der Waals surface area contributed by atoms with Gasteiger partial charge in [-0.05, 0) is 43.1 Å². The molecule has 3 aromatic rings. The minimum Gasteiger partial charge on any atom is -0.399 e. The summed E-state index contributed by atoms with van der Waals surface area (Å²) in [4.78, 5) is 4.03. The molecule has 102 valence electrons. The number of azo groups is 1. The lowest BCUT2D eigenvalue weighted by Crippen LogP contribution is -1.80. The van der Waals surface area contributed by atoms with Crippen LogP contribution in [0.4, 0.5) is 22.7 Å². The maximum absolute atomic E-state index is 5.65. The predicted molar refractivity (Wildman–Crippen MR) is 88.2 cm³/mol. The molecule has 3 rings (SSSR count). The first-order chi connectivity index (χ1) is 10.3. The molecule has 0 aliphatic carbocycles. The molecule has 0 radical (unpaired) electrons. The van der Waals surface area contributed by atoms with E-state index >= 15 is 0 Å². The fourth-order valence-electron chi connectivity index (χ4n) is 2.14. The number of benzene rings is 3. The number of nitrogen functional groups attached to an aromatic ring is 1. The lowest BCUT2D eigenvalue weighted by molar-refractivity contribution is 1.24. The zero-order valence-corrected chi connectivity index (χ0v) is 11.4. The molecule has 4 nitrogen and oxygen atoms in total. The lowest BCUT2D eigenvalue weighted by atomic mass is 10.1. The van der Waals surface area contributed by atoms with Crippen LogP contribution >= 0.6 is 0 Å².